The van der Waals surface area contributed by atoms with Crippen molar-refractivity contribution >= 4 is 11.4 Å². The van der Waals surface area contributed by atoms with Crippen molar-refractivity contribution in [2.45, 2.75) is 0 Å². The van der Waals surface area contributed by atoms with Crippen LogP contribution in [0.2, 0.25) is 0 Å². The molecule has 0 saturated heterocycles. The van der Waals surface area contributed by atoms with Gasteiger partial charge < -0.3 is 10.6 Å². The number of nitriles is 3. The van der Waals surface area contributed by atoms with Crippen LogP contribution in [0.25, 0.3) is 0 Å². The van der Waals surface area contributed by atoms with E-state index in [0.29, 0.717) is 16.9 Å². The van der Waals surface area contributed by atoms with Gasteiger partial charge in [0.25, 0.3) is 0 Å². The Morgan fingerprint density at radius 1 is 1.12 bits per heavy atom. The van der Waals surface area contributed by atoms with Gasteiger partial charge in [-0.05, 0) is 18.2 Å². The van der Waals surface area contributed by atoms with Crippen LogP contribution in [0.15, 0.2) is 18.2 Å². The summed E-state index contributed by atoms with van der Waals surface area (Å²) in [5.41, 5.74) is 6.95. The summed E-state index contributed by atoms with van der Waals surface area (Å²) >= 11 is 0. The molecule has 0 aliphatic rings. The standard InChI is InChI=1S/C11H9N5/c12-3-5-16(6-4-13)11-2-1-10(15)7-9(11)8-14/h1-2,7H,5-6,15H2. The van der Waals surface area contributed by atoms with Gasteiger partial charge in [0.05, 0.1) is 23.4 Å². The van der Waals surface area contributed by atoms with E-state index in [0.717, 1.165) is 0 Å². The molecule has 16 heavy (non-hydrogen) atoms. The van der Waals surface area contributed by atoms with Crippen LogP contribution in [0, 0.1) is 34.0 Å². The zero-order valence-corrected chi connectivity index (χ0v) is 8.51. The third kappa shape index (κ3) is 2.41. The molecule has 1 rings (SSSR count). The second-order valence-electron chi connectivity index (χ2n) is 3.06. The molecule has 0 aromatic heterocycles. The quantitative estimate of drug-likeness (QED) is 0.593. The lowest BCUT2D eigenvalue weighted by atomic mass is 10.1. The summed E-state index contributed by atoms with van der Waals surface area (Å²) < 4.78 is 0. The maximum atomic E-state index is 8.93. The number of hydrogen-bond donors (Lipinski definition) is 1. The van der Waals surface area contributed by atoms with Crippen molar-refractivity contribution in [2.75, 3.05) is 23.7 Å². The van der Waals surface area contributed by atoms with Gasteiger partial charge in [-0.2, -0.15) is 15.8 Å². The van der Waals surface area contributed by atoms with Crippen LogP contribution in [0.5, 0.6) is 0 Å². The third-order valence-electron chi connectivity index (χ3n) is 2.00. The molecule has 0 atom stereocenters. The minimum atomic E-state index is 0.0617. The monoisotopic (exact) mass is 211 g/mol. The fourth-order valence-corrected chi connectivity index (χ4v) is 1.32. The van der Waals surface area contributed by atoms with Crippen molar-refractivity contribution in [3.05, 3.63) is 23.8 Å². The zero-order chi connectivity index (χ0) is 12.0. The number of hydrogen-bond acceptors (Lipinski definition) is 5. The summed E-state index contributed by atoms with van der Waals surface area (Å²) in [6, 6.07) is 10.7. The molecule has 0 bridgehead atoms. The second kappa shape index (κ2) is 5.24. The lowest BCUT2D eigenvalue weighted by Crippen LogP contribution is -2.24. The molecule has 0 aliphatic carbocycles. The Labute approximate surface area is 93.5 Å². The van der Waals surface area contributed by atoms with Crippen molar-refractivity contribution in [1.82, 2.24) is 0 Å². The van der Waals surface area contributed by atoms with Gasteiger partial charge in [-0.3, -0.25) is 0 Å². The fraction of sp³-hybridized carbons (Fsp3) is 0.182. The Kier molecular flexibility index (Phi) is 3.72. The predicted molar refractivity (Wildman–Crippen MR) is 59.0 cm³/mol. The molecular formula is C11H9N5. The van der Waals surface area contributed by atoms with Gasteiger partial charge in [0.1, 0.15) is 19.2 Å². The Morgan fingerprint density at radius 3 is 2.25 bits per heavy atom. The molecule has 0 spiro atoms. The van der Waals surface area contributed by atoms with Crippen molar-refractivity contribution < 1.29 is 0 Å². The van der Waals surface area contributed by atoms with Gasteiger partial charge in [0.15, 0.2) is 0 Å². The van der Waals surface area contributed by atoms with Crippen LogP contribution in [0.4, 0.5) is 11.4 Å². The number of nitrogens with zero attached hydrogens (tertiary/aromatic N) is 4. The molecular weight excluding hydrogens is 202 g/mol. The first-order valence-electron chi connectivity index (χ1n) is 4.51. The first-order chi connectivity index (χ1) is 7.72. The first-order valence-corrected chi connectivity index (χ1v) is 4.51. The molecule has 0 saturated carbocycles. The van der Waals surface area contributed by atoms with E-state index in [2.05, 4.69) is 0 Å². The molecule has 1 aromatic rings. The first kappa shape index (κ1) is 11.4. The van der Waals surface area contributed by atoms with E-state index in [1.807, 2.05) is 18.2 Å². The summed E-state index contributed by atoms with van der Waals surface area (Å²) in [6.07, 6.45) is 0. The number of benzene rings is 1. The minimum Gasteiger partial charge on any atom is -0.399 e. The van der Waals surface area contributed by atoms with Crippen LogP contribution in [-0.2, 0) is 0 Å². The smallest absolute Gasteiger partial charge is 0.107 e. The van der Waals surface area contributed by atoms with Crippen molar-refractivity contribution in [2.24, 2.45) is 0 Å². The normalized spacial score (nSPS) is 8.56. The van der Waals surface area contributed by atoms with Crippen molar-refractivity contribution in [3.8, 4) is 18.2 Å². The van der Waals surface area contributed by atoms with E-state index < -0.39 is 0 Å². The maximum Gasteiger partial charge on any atom is 0.107 e. The Morgan fingerprint density at radius 2 is 1.75 bits per heavy atom. The second-order valence-corrected chi connectivity index (χ2v) is 3.06. The highest BCUT2D eigenvalue weighted by Gasteiger charge is 2.10. The molecule has 78 valence electrons. The molecule has 0 unspecified atom stereocenters. The third-order valence-corrected chi connectivity index (χ3v) is 2.00. The van der Waals surface area contributed by atoms with Crippen LogP contribution in [0.3, 0.4) is 0 Å². The number of nitrogens with two attached hydrogens (primary N) is 1. The number of nitrogen functional groups attached to an aromatic ring is 1. The number of rotatable bonds is 3. The molecule has 0 amide bonds. The van der Waals surface area contributed by atoms with Gasteiger partial charge in [0.2, 0.25) is 0 Å². The van der Waals surface area contributed by atoms with E-state index in [9.17, 15) is 0 Å². The molecule has 5 nitrogen and oxygen atoms in total. The Balaban J connectivity index is 3.16. The van der Waals surface area contributed by atoms with Crippen molar-refractivity contribution in [3.63, 3.8) is 0 Å². The number of anilines is 2. The van der Waals surface area contributed by atoms with Crippen LogP contribution < -0.4 is 10.6 Å². The highest BCUT2D eigenvalue weighted by molar-refractivity contribution is 5.65. The maximum absolute atomic E-state index is 8.93. The van der Waals surface area contributed by atoms with Crippen LogP contribution >= 0.6 is 0 Å². The van der Waals surface area contributed by atoms with E-state index in [1.54, 1.807) is 12.1 Å². The SMILES string of the molecule is N#CCN(CC#N)c1ccc(N)cc1C#N. The largest absolute Gasteiger partial charge is 0.399 e. The molecule has 0 fully saturated rings. The Hall–Kier alpha value is -2.71. The van der Waals surface area contributed by atoms with E-state index in [4.69, 9.17) is 21.5 Å². The molecule has 0 heterocycles. The van der Waals surface area contributed by atoms with Gasteiger partial charge >= 0.3 is 0 Å². The summed E-state index contributed by atoms with van der Waals surface area (Å²) in [5.74, 6) is 0. The summed E-state index contributed by atoms with van der Waals surface area (Å²) in [6.45, 7) is 0.123. The van der Waals surface area contributed by atoms with Crippen molar-refractivity contribution in [1.29, 1.82) is 15.8 Å². The van der Waals surface area contributed by atoms with E-state index >= 15 is 0 Å². The van der Waals surface area contributed by atoms with Gasteiger partial charge in [-0.15, -0.1) is 0 Å². The lowest BCUT2D eigenvalue weighted by molar-refractivity contribution is 0.964. The summed E-state index contributed by atoms with van der Waals surface area (Å²) in [5, 5.41) is 26.2. The molecule has 0 radical (unpaired) electrons. The highest BCUT2D eigenvalue weighted by Crippen LogP contribution is 2.21. The zero-order valence-electron chi connectivity index (χ0n) is 8.51. The predicted octanol–water partition coefficient (Wildman–Crippen LogP) is 0.994. The average Bonchev–Trinajstić information content (AvgIpc) is 2.28. The summed E-state index contributed by atoms with van der Waals surface area (Å²) in [4.78, 5) is 1.53. The molecule has 2 N–H and O–H groups in total. The molecule has 5 heteroatoms. The molecule has 1 aromatic carbocycles. The average molecular weight is 211 g/mol. The minimum absolute atomic E-state index is 0.0617. The molecule has 0 aliphatic heterocycles. The lowest BCUT2D eigenvalue weighted by Gasteiger charge is -2.19. The topological polar surface area (TPSA) is 101 Å². The van der Waals surface area contributed by atoms with Gasteiger partial charge in [0, 0.05) is 5.69 Å². The van der Waals surface area contributed by atoms with Crippen LogP contribution in [0.1, 0.15) is 5.56 Å². The summed E-state index contributed by atoms with van der Waals surface area (Å²) in [7, 11) is 0. The van der Waals surface area contributed by atoms with Crippen LogP contribution in [-0.4, -0.2) is 13.1 Å². The Bertz CT molecular complexity index is 485. The van der Waals surface area contributed by atoms with E-state index in [-0.39, 0.29) is 13.1 Å². The van der Waals surface area contributed by atoms with Gasteiger partial charge in [-0.25, -0.2) is 0 Å². The van der Waals surface area contributed by atoms with E-state index in [1.165, 1.54) is 11.0 Å². The van der Waals surface area contributed by atoms with Gasteiger partial charge in [-0.1, -0.05) is 0 Å². The highest BCUT2D eigenvalue weighted by atomic mass is 15.1. The fourth-order valence-electron chi connectivity index (χ4n) is 1.32.